The van der Waals surface area contributed by atoms with Gasteiger partial charge in [-0.2, -0.15) is 0 Å². The molecule has 0 saturated carbocycles. The highest BCUT2D eigenvalue weighted by atomic mass is 79.9. The van der Waals surface area contributed by atoms with Crippen LogP contribution in [0.4, 0.5) is 0 Å². The second-order valence-corrected chi connectivity index (χ2v) is 8.39. The average molecular weight is 443 g/mol. The summed E-state index contributed by atoms with van der Waals surface area (Å²) in [5, 5.41) is 0. The molecule has 0 amide bonds. The first kappa shape index (κ1) is 18.9. The standard InChI is InChI=1S/C17H19BrN2O5S/c1-10-8-19-13(11(2)17(10)23-3)9-20-26(21,22)16-7-15-14(6-12(16)18)24-4-5-25-15/h6-8,20H,4-5,9H2,1-3H3. The molecule has 0 fully saturated rings. The maximum absolute atomic E-state index is 12.7. The van der Waals surface area contributed by atoms with Gasteiger partial charge in [0, 0.05) is 27.9 Å². The van der Waals surface area contributed by atoms with Gasteiger partial charge in [-0.3, -0.25) is 4.98 Å². The van der Waals surface area contributed by atoms with Gasteiger partial charge in [0.1, 0.15) is 23.9 Å². The van der Waals surface area contributed by atoms with Crippen molar-refractivity contribution in [3.05, 3.63) is 39.6 Å². The van der Waals surface area contributed by atoms with Crippen LogP contribution in [0.5, 0.6) is 17.2 Å². The van der Waals surface area contributed by atoms with Crippen molar-refractivity contribution in [2.45, 2.75) is 25.3 Å². The lowest BCUT2D eigenvalue weighted by molar-refractivity contribution is 0.171. The minimum atomic E-state index is -3.78. The van der Waals surface area contributed by atoms with Crippen LogP contribution in [0.15, 0.2) is 27.7 Å². The molecule has 1 aromatic carbocycles. The van der Waals surface area contributed by atoms with E-state index in [4.69, 9.17) is 14.2 Å². The molecule has 2 aromatic rings. The van der Waals surface area contributed by atoms with E-state index in [1.165, 1.54) is 6.07 Å². The Hall–Kier alpha value is -1.84. The number of rotatable bonds is 5. The van der Waals surface area contributed by atoms with Crippen molar-refractivity contribution < 1.29 is 22.6 Å². The zero-order valence-corrected chi connectivity index (χ0v) is 17.0. The van der Waals surface area contributed by atoms with Crippen molar-refractivity contribution in [2.24, 2.45) is 0 Å². The van der Waals surface area contributed by atoms with Crippen molar-refractivity contribution in [3.8, 4) is 17.2 Å². The minimum absolute atomic E-state index is 0.0473. The van der Waals surface area contributed by atoms with Gasteiger partial charge in [0.05, 0.1) is 19.3 Å². The molecule has 0 spiro atoms. The van der Waals surface area contributed by atoms with Gasteiger partial charge >= 0.3 is 0 Å². The molecule has 26 heavy (non-hydrogen) atoms. The van der Waals surface area contributed by atoms with Crippen LogP contribution in [0.25, 0.3) is 0 Å². The highest BCUT2D eigenvalue weighted by Crippen LogP contribution is 2.37. The van der Waals surface area contributed by atoms with Crippen LogP contribution < -0.4 is 18.9 Å². The number of hydrogen-bond acceptors (Lipinski definition) is 6. The van der Waals surface area contributed by atoms with Gasteiger partial charge in [0.15, 0.2) is 11.5 Å². The SMILES string of the molecule is COc1c(C)cnc(CNS(=O)(=O)c2cc3c(cc2Br)OCCO3)c1C. The minimum Gasteiger partial charge on any atom is -0.496 e. The number of sulfonamides is 1. The fourth-order valence-corrected chi connectivity index (χ4v) is 4.76. The normalized spacial score (nSPS) is 13.5. The summed E-state index contributed by atoms with van der Waals surface area (Å²) in [5.74, 6) is 1.63. The predicted molar refractivity (Wildman–Crippen MR) is 99.4 cm³/mol. The average Bonchev–Trinajstić information content (AvgIpc) is 2.60. The first-order valence-electron chi connectivity index (χ1n) is 7.91. The molecular weight excluding hydrogens is 424 g/mol. The highest BCUT2D eigenvalue weighted by molar-refractivity contribution is 9.10. The maximum atomic E-state index is 12.7. The largest absolute Gasteiger partial charge is 0.496 e. The van der Waals surface area contributed by atoms with Crippen molar-refractivity contribution >= 4 is 26.0 Å². The van der Waals surface area contributed by atoms with Crippen LogP contribution >= 0.6 is 15.9 Å². The van der Waals surface area contributed by atoms with Gasteiger partial charge in [-0.05, 0) is 35.8 Å². The molecule has 0 aliphatic carbocycles. The smallest absolute Gasteiger partial charge is 0.242 e. The number of hydrogen-bond donors (Lipinski definition) is 1. The number of aromatic nitrogens is 1. The van der Waals surface area contributed by atoms with E-state index in [1.807, 2.05) is 13.8 Å². The topological polar surface area (TPSA) is 86.8 Å². The summed E-state index contributed by atoms with van der Waals surface area (Å²) >= 11 is 3.29. The van der Waals surface area contributed by atoms with Gasteiger partial charge < -0.3 is 14.2 Å². The molecule has 1 aliphatic heterocycles. The molecule has 1 N–H and O–H groups in total. The van der Waals surface area contributed by atoms with Crippen molar-refractivity contribution in [2.75, 3.05) is 20.3 Å². The van der Waals surface area contributed by atoms with Gasteiger partial charge in [0.2, 0.25) is 10.0 Å². The number of ether oxygens (including phenoxy) is 3. The van der Waals surface area contributed by atoms with Crippen molar-refractivity contribution in [1.29, 1.82) is 0 Å². The van der Waals surface area contributed by atoms with Crippen LogP contribution in [0, 0.1) is 13.8 Å². The Morgan fingerprint density at radius 2 is 1.88 bits per heavy atom. The van der Waals surface area contributed by atoms with E-state index in [2.05, 4.69) is 25.6 Å². The molecule has 1 aliphatic rings. The van der Waals surface area contributed by atoms with Gasteiger partial charge in [-0.15, -0.1) is 0 Å². The molecule has 9 heteroatoms. The lowest BCUT2D eigenvalue weighted by Crippen LogP contribution is -2.25. The second-order valence-electron chi connectivity index (χ2n) is 5.80. The number of nitrogens with zero attached hydrogens (tertiary/aromatic N) is 1. The summed E-state index contributed by atoms with van der Waals surface area (Å²) < 4.78 is 44.8. The lowest BCUT2D eigenvalue weighted by Gasteiger charge is -2.20. The van der Waals surface area contributed by atoms with Gasteiger partial charge in [-0.25, -0.2) is 13.1 Å². The fraction of sp³-hybridized carbons (Fsp3) is 0.353. The highest BCUT2D eigenvalue weighted by Gasteiger charge is 2.23. The number of methoxy groups -OCH3 is 1. The number of fused-ring (bicyclic) bond motifs is 1. The predicted octanol–water partition coefficient (Wildman–Crippen LogP) is 2.72. The van der Waals surface area contributed by atoms with E-state index < -0.39 is 10.0 Å². The number of nitrogens with one attached hydrogen (secondary N) is 1. The Morgan fingerprint density at radius 3 is 2.54 bits per heavy atom. The van der Waals surface area contributed by atoms with E-state index in [0.29, 0.717) is 40.6 Å². The van der Waals surface area contributed by atoms with E-state index in [0.717, 1.165) is 11.1 Å². The Bertz CT molecular complexity index is 947. The van der Waals surface area contributed by atoms with Crippen LogP contribution in [0.3, 0.4) is 0 Å². The molecule has 0 saturated heterocycles. The summed E-state index contributed by atoms with van der Waals surface area (Å²) in [7, 11) is -2.20. The van der Waals surface area contributed by atoms with Crippen LogP contribution in [0.2, 0.25) is 0 Å². The number of aryl methyl sites for hydroxylation is 1. The first-order valence-corrected chi connectivity index (χ1v) is 10.2. The third-order valence-corrected chi connectivity index (χ3v) is 6.43. The number of pyridine rings is 1. The van der Waals surface area contributed by atoms with E-state index >= 15 is 0 Å². The number of benzene rings is 1. The third-order valence-electron chi connectivity index (χ3n) is 4.07. The van der Waals surface area contributed by atoms with Crippen molar-refractivity contribution in [1.82, 2.24) is 9.71 Å². The zero-order valence-electron chi connectivity index (χ0n) is 14.6. The molecule has 140 valence electrons. The van der Waals surface area contributed by atoms with Gasteiger partial charge in [0.25, 0.3) is 0 Å². The Balaban J connectivity index is 1.86. The fourth-order valence-electron chi connectivity index (χ4n) is 2.74. The second kappa shape index (κ2) is 7.42. The summed E-state index contributed by atoms with van der Waals surface area (Å²) in [5.41, 5.74) is 2.30. The molecule has 3 rings (SSSR count). The van der Waals surface area contributed by atoms with Gasteiger partial charge in [-0.1, -0.05) is 0 Å². The lowest BCUT2D eigenvalue weighted by atomic mass is 10.1. The summed E-state index contributed by atoms with van der Waals surface area (Å²) in [6.45, 7) is 4.60. The molecule has 0 unspecified atom stereocenters. The molecule has 7 nitrogen and oxygen atoms in total. The first-order chi connectivity index (χ1) is 12.3. The third kappa shape index (κ3) is 3.65. The quantitative estimate of drug-likeness (QED) is 0.765. The molecule has 0 atom stereocenters. The Kier molecular flexibility index (Phi) is 5.40. The summed E-state index contributed by atoms with van der Waals surface area (Å²) in [4.78, 5) is 4.39. The summed E-state index contributed by atoms with van der Waals surface area (Å²) in [6, 6.07) is 3.05. The van der Waals surface area contributed by atoms with E-state index in [1.54, 1.807) is 19.4 Å². The van der Waals surface area contributed by atoms with Crippen LogP contribution in [-0.2, 0) is 16.6 Å². The van der Waals surface area contributed by atoms with E-state index in [-0.39, 0.29) is 11.4 Å². The molecule has 2 heterocycles. The monoisotopic (exact) mass is 442 g/mol. The molecule has 1 aromatic heterocycles. The molecular formula is C17H19BrN2O5S. The van der Waals surface area contributed by atoms with Crippen LogP contribution in [0.1, 0.15) is 16.8 Å². The van der Waals surface area contributed by atoms with E-state index in [9.17, 15) is 8.42 Å². The number of halogens is 1. The zero-order chi connectivity index (χ0) is 18.9. The Labute approximate surface area is 160 Å². The molecule has 0 bridgehead atoms. The maximum Gasteiger partial charge on any atom is 0.242 e. The van der Waals surface area contributed by atoms with Crippen molar-refractivity contribution in [3.63, 3.8) is 0 Å². The Morgan fingerprint density at radius 1 is 1.23 bits per heavy atom. The molecule has 0 radical (unpaired) electrons. The summed E-state index contributed by atoms with van der Waals surface area (Å²) in [6.07, 6.45) is 1.66. The van der Waals surface area contributed by atoms with Crippen LogP contribution in [-0.4, -0.2) is 33.7 Å².